The van der Waals surface area contributed by atoms with E-state index in [0.717, 1.165) is 0 Å². The first-order valence-corrected chi connectivity index (χ1v) is 6.35. The number of para-hydroxylation sites is 2. The van der Waals surface area contributed by atoms with Gasteiger partial charge in [0.2, 0.25) is 0 Å². The Morgan fingerprint density at radius 2 is 2.20 bits per heavy atom. The minimum atomic E-state index is -1.31. The maximum atomic E-state index is 11.2. The average Bonchev–Trinajstić information content (AvgIpc) is 2.39. The number of carbonyl (C=O) groups is 1. The van der Waals surface area contributed by atoms with Crippen LogP contribution in [0.1, 0.15) is 25.7 Å². The number of carboxylic acids is 1. The lowest BCUT2D eigenvalue weighted by Crippen LogP contribution is -2.53. The molecule has 1 aromatic rings. The van der Waals surface area contributed by atoms with E-state index in [1.807, 2.05) is 0 Å². The molecule has 2 atom stereocenters. The Hall–Kier alpha value is -2.15. The van der Waals surface area contributed by atoms with Gasteiger partial charge in [0.1, 0.15) is 11.6 Å². The van der Waals surface area contributed by atoms with Crippen LogP contribution in [0.3, 0.4) is 0 Å². The van der Waals surface area contributed by atoms with Crippen LogP contribution in [0.25, 0.3) is 0 Å². The highest BCUT2D eigenvalue weighted by Gasteiger charge is 2.40. The minimum Gasteiger partial charge on any atom is -0.483 e. The summed E-state index contributed by atoms with van der Waals surface area (Å²) in [4.78, 5) is 21.5. The maximum Gasteiger partial charge on any atom is 0.323 e. The maximum absolute atomic E-state index is 11.2. The Labute approximate surface area is 115 Å². The summed E-state index contributed by atoms with van der Waals surface area (Å²) in [6, 6.07) is 6.05. The third-order valence-electron chi connectivity index (χ3n) is 3.52. The highest BCUT2D eigenvalue weighted by molar-refractivity contribution is 5.78. The lowest BCUT2D eigenvalue weighted by molar-refractivity contribution is -0.386. The van der Waals surface area contributed by atoms with Crippen molar-refractivity contribution in [1.82, 2.24) is 0 Å². The number of nitrogens with zero attached hydrogens (tertiary/aromatic N) is 1. The highest BCUT2D eigenvalue weighted by atomic mass is 16.6. The zero-order valence-corrected chi connectivity index (χ0v) is 10.8. The molecule has 1 aliphatic carbocycles. The number of nitrogens with two attached hydrogens (primary N) is 1. The number of rotatable bonds is 4. The number of nitro groups is 1. The van der Waals surface area contributed by atoms with Crippen molar-refractivity contribution in [3.8, 4) is 5.75 Å². The van der Waals surface area contributed by atoms with Crippen molar-refractivity contribution in [2.24, 2.45) is 5.73 Å². The van der Waals surface area contributed by atoms with Gasteiger partial charge in [-0.1, -0.05) is 12.1 Å². The summed E-state index contributed by atoms with van der Waals surface area (Å²) >= 11 is 0. The summed E-state index contributed by atoms with van der Waals surface area (Å²) in [5.41, 5.74) is 4.39. The van der Waals surface area contributed by atoms with Crippen molar-refractivity contribution in [1.29, 1.82) is 0 Å². The Kier molecular flexibility index (Phi) is 3.89. The molecule has 7 nitrogen and oxygen atoms in total. The van der Waals surface area contributed by atoms with Crippen LogP contribution >= 0.6 is 0 Å². The van der Waals surface area contributed by atoms with E-state index in [-0.39, 0.29) is 17.9 Å². The average molecular weight is 280 g/mol. The molecule has 0 amide bonds. The molecule has 0 bridgehead atoms. The van der Waals surface area contributed by atoms with E-state index in [0.29, 0.717) is 19.3 Å². The van der Waals surface area contributed by atoms with Gasteiger partial charge in [-0.15, -0.1) is 0 Å². The molecule has 2 rings (SSSR count). The highest BCUT2D eigenvalue weighted by Crippen LogP contribution is 2.33. The van der Waals surface area contributed by atoms with Crippen molar-refractivity contribution in [2.45, 2.75) is 37.3 Å². The van der Waals surface area contributed by atoms with Crippen LogP contribution in [0.4, 0.5) is 5.69 Å². The Bertz CT molecular complexity index is 533. The van der Waals surface area contributed by atoms with Gasteiger partial charge in [0.25, 0.3) is 0 Å². The van der Waals surface area contributed by atoms with Crippen LogP contribution in [0.5, 0.6) is 5.75 Å². The number of aliphatic carboxylic acids is 1. The molecule has 0 aromatic heterocycles. The summed E-state index contributed by atoms with van der Waals surface area (Å²) in [5, 5.41) is 20.0. The van der Waals surface area contributed by atoms with E-state index in [1.165, 1.54) is 12.1 Å². The standard InChI is InChI=1S/C13H16N2O5/c14-13(12(16)17)7-3-4-9(8-13)20-11-6-2-1-5-10(11)15(18)19/h1-2,5-6,9H,3-4,7-8,14H2,(H,16,17). The van der Waals surface area contributed by atoms with Crippen LogP contribution in [0.2, 0.25) is 0 Å². The normalized spacial score (nSPS) is 25.9. The molecule has 0 radical (unpaired) electrons. The van der Waals surface area contributed by atoms with E-state index >= 15 is 0 Å². The van der Waals surface area contributed by atoms with Crippen LogP contribution in [0.15, 0.2) is 24.3 Å². The predicted octanol–water partition coefficient (Wildman–Crippen LogP) is 1.70. The van der Waals surface area contributed by atoms with Gasteiger partial charge in [-0.25, -0.2) is 0 Å². The molecule has 20 heavy (non-hydrogen) atoms. The molecule has 1 saturated carbocycles. The molecule has 1 fully saturated rings. The zero-order chi connectivity index (χ0) is 14.8. The Morgan fingerprint density at radius 1 is 1.50 bits per heavy atom. The molecule has 1 aliphatic rings. The van der Waals surface area contributed by atoms with E-state index in [4.69, 9.17) is 15.6 Å². The van der Waals surface area contributed by atoms with E-state index in [2.05, 4.69) is 0 Å². The molecule has 0 heterocycles. The molecule has 3 N–H and O–H groups in total. The number of ether oxygens (including phenoxy) is 1. The largest absolute Gasteiger partial charge is 0.483 e. The van der Waals surface area contributed by atoms with Gasteiger partial charge in [-0.2, -0.15) is 0 Å². The molecule has 1 aromatic carbocycles. The molecule has 0 aliphatic heterocycles. The summed E-state index contributed by atoms with van der Waals surface area (Å²) in [7, 11) is 0. The van der Waals surface area contributed by atoms with E-state index < -0.39 is 22.5 Å². The van der Waals surface area contributed by atoms with Gasteiger partial charge >= 0.3 is 11.7 Å². The first-order chi connectivity index (χ1) is 9.42. The molecule has 0 saturated heterocycles. The first kappa shape index (κ1) is 14.3. The fourth-order valence-corrected chi connectivity index (χ4v) is 2.44. The van der Waals surface area contributed by atoms with Gasteiger partial charge in [0, 0.05) is 12.5 Å². The summed E-state index contributed by atoms with van der Waals surface area (Å²) in [6.45, 7) is 0. The number of hydrogen-bond donors (Lipinski definition) is 2. The van der Waals surface area contributed by atoms with Crippen molar-refractivity contribution in [2.75, 3.05) is 0 Å². The smallest absolute Gasteiger partial charge is 0.323 e. The fourth-order valence-electron chi connectivity index (χ4n) is 2.44. The third-order valence-corrected chi connectivity index (χ3v) is 3.52. The van der Waals surface area contributed by atoms with Crippen molar-refractivity contribution < 1.29 is 19.6 Å². The second-order valence-corrected chi connectivity index (χ2v) is 5.02. The summed E-state index contributed by atoms with van der Waals surface area (Å²) in [6.07, 6.45) is 1.37. The monoisotopic (exact) mass is 280 g/mol. The topological polar surface area (TPSA) is 116 Å². The molecular weight excluding hydrogens is 264 g/mol. The van der Waals surface area contributed by atoms with Crippen LogP contribution in [-0.2, 0) is 4.79 Å². The van der Waals surface area contributed by atoms with Crippen LogP contribution in [-0.4, -0.2) is 27.6 Å². The summed E-state index contributed by atoms with van der Waals surface area (Å²) in [5.74, 6) is -0.912. The second-order valence-electron chi connectivity index (χ2n) is 5.02. The third kappa shape index (κ3) is 2.88. The van der Waals surface area contributed by atoms with Gasteiger partial charge in [-0.3, -0.25) is 14.9 Å². The van der Waals surface area contributed by atoms with Crippen LogP contribution < -0.4 is 10.5 Å². The number of nitro benzene ring substituents is 1. The van der Waals surface area contributed by atoms with Crippen LogP contribution in [0, 0.1) is 10.1 Å². The van der Waals surface area contributed by atoms with Crippen molar-refractivity contribution in [3.63, 3.8) is 0 Å². The SMILES string of the molecule is NC1(C(=O)O)CCCC(Oc2ccccc2[N+](=O)[O-])C1. The quantitative estimate of drug-likeness (QED) is 0.640. The van der Waals surface area contributed by atoms with Gasteiger partial charge in [0.05, 0.1) is 4.92 Å². The first-order valence-electron chi connectivity index (χ1n) is 6.35. The molecule has 108 valence electrons. The summed E-state index contributed by atoms with van der Waals surface area (Å²) < 4.78 is 5.61. The molecule has 2 unspecified atom stereocenters. The second kappa shape index (κ2) is 5.46. The zero-order valence-electron chi connectivity index (χ0n) is 10.8. The minimum absolute atomic E-state index is 0.129. The van der Waals surface area contributed by atoms with Crippen molar-refractivity contribution in [3.05, 3.63) is 34.4 Å². The van der Waals surface area contributed by atoms with Gasteiger partial charge < -0.3 is 15.6 Å². The Balaban J connectivity index is 2.14. The number of benzene rings is 1. The van der Waals surface area contributed by atoms with Crippen molar-refractivity contribution >= 4 is 11.7 Å². The fraction of sp³-hybridized carbons (Fsp3) is 0.462. The lowest BCUT2D eigenvalue weighted by Gasteiger charge is -2.34. The Morgan fingerprint density at radius 3 is 2.85 bits per heavy atom. The predicted molar refractivity (Wildman–Crippen MR) is 70.5 cm³/mol. The molecular formula is C13H16N2O5. The van der Waals surface area contributed by atoms with Gasteiger partial charge in [0.15, 0.2) is 5.75 Å². The number of hydrogen-bond acceptors (Lipinski definition) is 5. The molecule has 7 heteroatoms. The van der Waals surface area contributed by atoms with E-state index in [9.17, 15) is 14.9 Å². The number of carboxylic acid groups (broad SMARTS) is 1. The van der Waals surface area contributed by atoms with E-state index in [1.54, 1.807) is 12.1 Å². The lowest BCUT2D eigenvalue weighted by atomic mass is 9.81. The van der Waals surface area contributed by atoms with Gasteiger partial charge in [-0.05, 0) is 25.3 Å². The molecule has 0 spiro atoms.